The monoisotopic (exact) mass is 367 g/mol. The van der Waals surface area contributed by atoms with Crippen LogP contribution in [-0.2, 0) is 21.2 Å². The molecule has 25 heavy (non-hydrogen) atoms. The van der Waals surface area contributed by atoms with Crippen LogP contribution in [0.4, 0.5) is 5.69 Å². The maximum atomic E-state index is 12.7. The molecule has 0 N–H and O–H groups in total. The van der Waals surface area contributed by atoms with Gasteiger partial charge in [0.2, 0.25) is 15.9 Å². The Kier molecular flexibility index (Phi) is 6.46. The molecule has 1 aliphatic rings. The lowest BCUT2D eigenvalue weighted by molar-refractivity contribution is -0.131. The highest BCUT2D eigenvalue weighted by atomic mass is 32.2. The summed E-state index contributed by atoms with van der Waals surface area (Å²) in [6, 6.07) is 5.73. The Hall–Kier alpha value is -1.60. The molecule has 1 aromatic carbocycles. The number of aryl methyl sites for hydroxylation is 2. The van der Waals surface area contributed by atoms with Gasteiger partial charge in [-0.15, -0.1) is 0 Å². The van der Waals surface area contributed by atoms with E-state index in [-0.39, 0.29) is 12.5 Å². The fourth-order valence-corrected chi connectivity index (χ4v) is 4.20. The summed E-state index contributed by atoms with van der Waals surface area (Å²) in [5, 5.41) is 0. The van der Waals surface area contributed by atoms with Crippen molar-refractivity contribution in [2.24, 2.45) is 0 Å². The quantitative estimate of drug-likeness (QED) is 0.764. The van der Waals surface area contributed by atoms with Gasteiger partial charge in [-0.05, 0) is 31.0 Å². The molecule has 0 aromatic heterocycles. The molecule has 1 aliphatic heterocycles. The van der Waals surface area contributed by atoms with Crippen molar-refractivity contribution in [2.45, 2.75) is 27.2 Å². The number of hydrogen-bond donors (Lipinski definition) is 0. The van der Waals surface area contributed by atoms with Crippen LogP contribution in [0.1, 0.15) is 25.0 Å². The molecule has 7 heteroatoms. The zero-order valence-corrected chi connectivity index (χ0v) is 16.5. The highest BCUT2D eigenvalue weighted by Gasteiger charge is 2.28. The van der Waals surface area contributed by atoms with Gasteiger partial charge >= 0.3 is 0 Å². The summed E-state index contributed by atoms with van der Waals surface area (Å²) in [6.45, 7) is 9.80. The van der Waals surface area contributed by atoms with Gasteiger partial charge in [0.1, 0.15) is 6.54 Å². The number of amides is 1. The molecule has 0 radical (unpaired) electrons. The highest BCUT2D eigenvalue weighted by molar-refractivity contribution is 7.92. The molecule has 0 aliphatic carbocycles. The Balaban J connectivity index is 2.25. The second-order valence-electron chi connectivity index (χ2n) is 6.52. The van der Waals surface area contributed by atoms with Crippen LogP contribution in [0.25, 0.3) is 0 Å². The second kappa shape index (κ2) is 8.19. The van der Waals surface area contributed by atoms with Crippen LogP contribution in [0.3, 0.4) is 0 Å². The summed E-state index contributed by atoms with van der Waals surface area (Å²) < 4.78 is 26.1. The van der Waals surface area contributed by atoms with E-state index < -0.39 is 10.0 Å². The summed E-state index contributed by atoms with van der Waals surface area (Å²) in [5.74, 6) is -0.133. The third-order valence-corrected chi connectivity index (χ3v) is 5.92. The third kappa shape index (κ3) is 4.73. The third-order valence-electron chi connectivity index (χ3n) is 4.80. The molecule has 0 bridgehead atoms. The fraction of sp³-hybridized carbons (Fsp3) is 0.611. The molecular formula is C18H29N3O3S. The van der Waals surface area contributed by atoms with Crippen LogP contribution < -0.4 is 4.31 Å². The highest BCUT2D eigenvalue weighted by Crippen LogP contribution is 2.28. The Labute approximate surface area is 151 Å². The predicted octanol–water partition coefficient (Wildman–Crippen LogP) is 1.49. The minimum atomic E-state index is -3.55. The van der Waals surface area contributed by atoms with Crippen molar-refractivity contribution in [3.63, 3.8) is 0 Å². The maximum Gasteiger partial charge on any atom is 0.243 e. The molecular weight excluding hydrogens is 338 g/mol. The van der Waals surface area contributed by atoms with Crippen LogP contribution in [0, 0.1) is 6.92 Å². The number of nitrogens with zero attached hydrogens (tertiary/aromatic N) is 3. The average molecular weight is 368 g/mol. The van der Waals surface area contributed by atoms with Crippen molar-refractivity contribution in [2.75, 3.05) is 49.8 Å². The number of carbonyl (C=O) groups excluding carboxylic acids is 1. The standard InChI is InChI=1S/C18H29N3O3S/c1-5-16-9-7-8-15(3)18(16)21(25(4,23)24)14-17(22)20-12-10-19(6-2)11-13-20/h7-9H,5-6,10-14H2,1-4H3. The topological polar surface area (TPSA) is 60.9 Å². The summed E-state index contributed by atoms with van der Waals surface area (Å²) in [6.07, 6.45) is 1.88. The molecule has 0 saturated carbocycles. The first-order valence-electron chi connectivity index (χ1n) is 8.84. The zero-order chi connectivity index (χ0) is 18.6. The normalized spacial score (nSPS) is 16.1. The first-order valence-corrected chi connectivity index (χ1v) is 10.7. The molecule has 0 unspecified atom stereocenters. The van der Waals surface area contributed by atoms with Crippen molar-refractivity contribution in [3.8, 4) is 0 Å². The lowest BCUT2D eigenvalue weighted by atomic mass is 10.1. The molecule has 2 rings (SSSR count). The lowest BCUT2D eigenvalue weighted by Crippen LogP contribution is -2.51. The van der Waals surface area contributed by atoms with E-state index in [1.807, 2.05) is 32.0 Å². The van der Waals surface area contributed by atoms with E-state index in [0.29, 0.717) is 25.2 Å². The van der Waals surface area contributed by atoms with E-state index in [4.69, 9.17) is 0 Å². The van der Waals surface area contributed by atoms with Crippen LogP contribution in [0.5, 0.6) is 0 Å². The predicted molar refractivity (Wildman–Crippen MR) is 101 cm³/mol. The zero-order valence-electron chi connectivity index (χ0n) is 15.7. The molecule has 1 saturated heterocycles. The number of carbonyl (C=O) groups is 1. The molecule has 0 spiro atoms. The van der Waals surface area contributed by atoms with Crippen LogP contribution in [0.2, 0.25) is 0 Å². The Morgan fingerprint density at radius 1 is 1.16 bits per heavy atom. The molecule has 140 valence electrons. The van der Waals surface area contributed by atoms with Gasteiger partial charge in [0.25, 0.3) is 0 Å². The van der Waals surface area contributed by atoms with E-state index in [9.17, 15) is 13.2 Å². The number of likely N-dealkylation sites (N-methyl/N-ethyl adjacent to an activating group) is 1. The molecule has 1 aromatic rings. The molecule has 0 atom stereocenters. The first kappa shape index (κ1) is 19.7. The summed E-state index contributed by atoms with van der Waals surface area (Å²) >= 11 is 0. The lowest BCUT2D eigenvalue weighted by Gasteiger charge is -2.35. The van der Waals surface area contributed by atoms with Gasteiger partial charge in [-0.2, -0.15) is 0 Å². The van der Waals surface area contributed by atoms with Crippen LogP contribution in [-0.4, -0.2) is 69.6 Å². The number of anilines is 1. The van der Waals surface area contributed by atoms with Crippen molar-refractivity contribution < 1.29 is 13.2 Å². The van der Waals surface area contributed by atoms with Crippen LogP contribution >= 0.6 is 0 Å². The van der Waals surface area contributed by atoms with E-state index in [1.54, 1.807) is 4.90 Å². The molecule has 1 amide bonds. The van der Waals surface area contributed by atoms with Crippen molar-refractivity contribution in [1.82, 2.24) is 9.80 Å². The maximum absolute atomic E-state index is 12.7. The largest absolute Gasteiger partial charge is 0.339 e. The van der Waals surface area contributed by atoms with Gasteiger partial charge in [0, 0.05) is 26.2 Å². The summed E-state index contributed by atoms with van der Waals surface area (Å²) in [7, 11) is -3.55. The number of piperazine rings is 1. The van der Waals surface area contributed by atoms with Gasteiger partial charge in [-0.1, -0.05) is 32.0 Å². The van der Waals surface area contributed by atoms with Crippen molar-refractivity contribution in [3.05, 3.63) is 29.3 Å². The van der Waals surface area contributed by atoms with Gasteiger partial charge < -0.3 is 9.80 Å². The SMILES string of the molecule is CCc1cccc(C)c1N(CC(=O)N1CCN(CC)CC1)S(C)(=O)=O. The van der Waals surface area contributed by atoms with Gasteiger partial charge in [-0.25, -0.2) is 8.42 Å². The number of benzene rings is 1. The average Bonchev–Trinajstić information content (AvgIpc) is 2.58. The molecule has 1 fully saturated rings. The summed E-state index contributed by atoms with van der Waals surface area (Å²) in [4.78, 5) is 16.8. The van der Waals surface area contributed by atoms with E-state index >= 15 is 0 Å². The Bertz CT molecular complexity index is 710. The Morgan fingerprint density at radius 2 is 1.80 bits per heavy atom. The van der Waals surface area contributed by atoms with Gasteiger partial charge in [0.15, 0.2) is 0 Å². The minimum Gasteiger partial charge on any atom is -0.339 e. The van der Waals surface area contributed by atoms with E-state index in [0.717, 1.165) is 30.8 Å². The smallest absolute Gasteiger partial charge is 0.243 e. The summed E-state index contributed by atoms with van der Waals surface area (Å²) in [5.41, 5.74) is 2.45. The van der Waals surface area contributed by atoms with Gasteiger partial charge in [0.05, 0.1) is 11.9 Å². The number of para-hydroxylation sites is 1. The second-order valence-corrected chi connectivity index (χ2v) is 8.43. The number of rotatable bonds is 6. The molecule has 1 heterocycles. The van der Waals surface area contributed by atoms with Crippen LogP contribution in [0.15, 0.2) is 18.2 Å². The minimum absolute atomic E-state index is 0.133. The van der Waals surface area contributed by atoms with Gasteiger partial charge in [-0.3, -0.25) is 9.10 Å². The first-order chi connectivity index (χ1) is 11.8. The van der Waals surface area contributed by atoms with Crippen molar-refractivity contribution in [1.29, 1.82) is 0 Å². The van der Waals surface area contributed by atoms with E-state index in [2.05, 4.69) is 11.8 Å². The van der Waals surface area contributed by atoms with E-state index in [1.165, 1.54) is 10.6 Å². The fourth-order valence-electron chi connectivity index (χ4n) is 3.26. The number of sulfonamides is 1. The molecule has 6 nitrogen and oxygen atoms in total. The Morgan fingerprint density at radius 3 is 2.32 bits per heavy atom. The number of hydrogen-bond acceptors (Lipinski definition) is 4. The van der Waals surface area contributed by atoms with Crippen molar-refractivity contribution >= 4 is 21.6 Å².